The summed E-state index contributed by atoms with van der Waals surface area (Å²) in [6.45, 7) is 10.4. The summed E-state index contributed by atoms with van der Waals surface area (Å²) in [4.78, 5) is 32.2. The smallest absolute Gasteiger partial charge is 0.242 e. The lowest BCUT2D eigenvalue weighted by Gasteiger charge is -2.29. The van der Waals surface area contributed by atoms with Gasteiger partial charge in [-0.15, -0.1) is 11.3 Å². The van der Waals surface area contributed by atoms with Gasteiger partial charge in [0.1, 0.15) is 0 Å². The van der Waals surface area contributed by atoms with Gasteiger partial charge in [0.15, 0.2) is 0 Å². The van der Waals surface area contributed by atoms with E-state index in [1.807, 2.05) is 35.2 Å². The minimum absolute atomic E-state index is 0.0121. The molecule has 2 rings (SSSR count). The zero-order valence-electron chi connectivity index (χ0n) is 18.9. The van der Waals surface area contributed by atoms with Crippen LogP contribution >= 0.6 is 11.3 Å². The van der Waals surface area contributed by atoms with Crippen LogP contribution in [0.4, 0.5) is 0 Å². The molecule has 164 valence electrons. The molecule has 1 atom stereocenters. The molecule has 0 bridgehead atoms. The number of hydrogen-bond acceptors (Lipinski definition) is 3. The van der Waals surface area contributed by atoms with E-state index in [0.717, 1.165) is 24.8 Å². The first-order valence-corrected chi connectivity index (χ1v) is 11.9. The number of rotatable bonds is 12. The number of benzene rings is 1. The molecule has 0 radical (unpaired) electrons. The quantitative estimate of drug-likeness (QED) is 0.438. The summed E-state index contributed by atoms with van der Waals surface area (Å²) in [7, 11) is 0. The van der Waals surface area contributed by atoms with E-state index in [9.17, 15) is 9.59 Å². The second kappa shape index (κ2) is 12.5. The second-order valence-electron chi connectivity index (χ2n) is 8.14. The van der Waals surface area contributed by atoms with Crippen molar-refractivity contribution in [1.29, 1.82) is 0 Å². The molecule has 0 N–H and O–H groups in total. The van der Waals surface area contributed by atoms with Gasteiger partial charge in [0.2, 0.25) is 11.8 Å². The molecular formula is C25H36N2O2S. The maximum atomic E-state index is 13.4. The fraction of sp³-hybridized carbons (Fsp3) is 0.520. The highest BCUT2D eigenvalue weighted by Crippen LogP contribution is 2.19. The average molecular weight is 429 g/mol. The van der Waals surface area contributed by atoms with Crippen molar-refractivity contribution in [3.05, 3.63) is 57.8 Å². The molecule has 0 aliphatic rings. The van der Waals surface area contributed by atoms with E-state index in [4.69, 9.17) is 0 Å². The Kier molecular flexibility index (Phi) is 10.1. The Labute approximate surface area is 185 Å². The number of hydrogen-bond donors (Lipinski definition) is 0. The third kappa shape index (κ3) is 7.94. The van der Waals surface area contributed by atoms with Crippen molar-refractivity contribution in [3.63, 3.8) is 0 Å². The maximum Gasteiger partial charge on any atom is 0.242 e. The van der Waals surface area contributed by atoms with E-state index in [1.54, 1.807) is 16.2 Å². The van der Waals surface area contributed by atoms with E-state index in [-0.39, 0.29) is 18.4 Å². The molecule has 0 aliphatic heterocycles. The predicted octanol–water partition coefficient (Wildman–Crippen LogP) is 5.65. The summed E-state index contributed by atoms with van der Waals surface area (Å²) in [5, 5.41) is 0. The summed E-state index contributed by atoms with van der Waals surface area (Å²) in [6, 6.07) is 14.3. The largest absolute Gasteiger partial charge is 0.333 e. The molecule has 5 heteroatoms. The monoisotopic (exact) mass is 428 g/mol. The highest BCUT2D eigenvalue weighted by molar-refractivity contribution is 7.11. The number of amides is 2. The molecule has 1 aromatic heterocycles. The van der Waals surface area contributed by atoms with Crippen molar-refractivity contribution in [2.24, 2.45) is 5.92 Å². The van der Waals surface area contributed by atoms with Gasteiger partial charge in [0, 0.05) is 29.3 Å². The highest BCUT2D eigenvalue weighted by atomic mass is 32.1. The number of carbonyl (C=O) groups is 2. The predicted molar refractivity (Wildman–Crippen MR) is 125 cm³/mol. The van der Waals surface area contributed by atoms with Crippen LogP contribution in [0.25, 0.3) is 0 Å². The molecule has 0 unspecified atom stereocenters. The van der Waals surface area contributed by atoms with Gasteiger partial charge < -0.3 is 9.80 Å². The number of thiophene rings is 1. The maximum absolute atomic E-state index is 13.4. The standard InChI is InChI=1S/C25H36N2O2S/c1-5-7-13-24(28)26(16-20(3)6-2)19-25(29)27(17-22-11-9-8-10-12-22)18-23-15-14-21(4)30-23/h8-12,14-15,20H,5-7,13,16-19H2,1-4H3/t20-/m1/s1. The van der Waals surface area contributed by atoms with Gasteiger partial charge in [-0.25, -0.2) is 0 Å². The SMILES string of the molecule is CCCCC(=O)N(CC(=O)N(Cc1ccccc1)Cc1ccc(C)s1)C[C@H](C)CC. The summed E-state index contributed by atoms with van der Waals surface area (Å²) < 4.78 is 0. The van der Waals surface area contributed by atoms with Gasteiger partial charge >= 0.3 is 0 Å². The van der Waals surface area contributed by atoms with E-state index in [1.165, 1.54) is 9.75 Å². The first-order chi connectivity index (χ1) is 14.4. The van der Waals surface area contributed by atoms with Crippen molar-refractivity contribution < 1.29 is 9.59 Å². The molecule has 0 spiro atoms. The molecule has 2 aromatic rings. The molecule has 1 aromatic carbocycles. The molecule has 4 nitrogen and oxygen atoms in total. The second-order valence-corrected chi connectivity index (χ2v) is 9.51. The fourth-order valence-corrected chi connectivity index (χ4v) is 4.21. The van der Waals surface area contributed by atoms with Gasteiger partial charge in [-0.3, -0.25) is 9.59 Å². The summed E-state index contributed by atoms with van der Waals surface area (Å²) >= 11 is 1.72. The number of carbonyl (C=O) groups excluding carboxylic acids is 2. The van der Waals surface area contributed by atoms with Crippen LogP contribution in [0, 0.1) is 12.8 Å². The molecule has 30 heavy (non-hydrogen) atoms. The van der Waals surface area contributed by atoms with Crippen molar-refractivity contribution in [2.75, 3.05) is 13.1 Å². The Balaban J connectivity index is 2.16. The lowest BCUT2D eigenvalue weighted by atomic mass is 10.1. The molecule has 0 saturated heterocycles. The Bertz CT molecular complexity index is 787. The summed E-state index contributed by atoms with van der Waals surface area (Å²) in [5.74, 6) is 0.487. The summed E-state index contributed by atoms with van der Waals surface area (Å²) in [5.41, 5.74) is 1.10. The van der Waals surface area contributed by atoms with E-state index in [0.29, 0.717) is 32.0 Å². The minimum Gasteiger partial charge on any atom is -0.333 e. The minimum atomic E-state index is 0.0121. The van der Waals surface area contributed by atoms with Crippen LogP contribution in [0.3, 0.4) is 0 Å². The first-order valence-electron chi connectivity index (χ1n) is 11.1. The van der Waals surface area contributed by atoms with Crippen LogP contribution in [0.1, 0.15) is 61.8 Å². The van der Waals surface area contributed by atoms with Gasteiger partial charge in [0.25, 0.3) is 0 Å². The van der Waals surface area contributed by atoms with Crippen molar-refractivity contribution >= 4 is 23.2 Å². The average Bonchev–Trinajstić information content (AvgIpc) is 3.16. The van der Waals surface area contributed by atoms with Crippen molar-refractivity contribution in [1.82, 2.24) is 9.80 Å². The Hall–Kier alpha value is -2.14. The molecule has 1 heterocycles. The normalized spacial score (nSPS) is 11.9. The topological polar surface area (TPSA) is 40.6 Å². The Morgan fingerprint density at radius 2 is 1.70 bits per heavy atom. The Morgan fingerprint density at radius 1 is 0.967 bits per heavy atom. The van der Waals surface area contributed by atoms with Crippen LogP contribution in [0.15, 0.2) is 42.5 Å². The molecular weight excluding hydrogens is 392 g/mol. The number of nitrogens with zero attached hydrogens (tertiary/aromatic N) is 2. The van der Waals surface area contributed by atoms with E-state index >= 15 is 0 Å². The van der Waals surface area contributed by atoms with Gasteiger partial charge in [-0.05, 0) is 37.0 Å². The molecule has 0 fully saturated rings. The lowest BCUT2D eigenvalue weighted by molar-refractivity contribution is -0.141. The van der Waals surface area contributed by atoms with Crippen molar-refractivity contribution in [2.45, 2.75) is 66.5 Å². The number of unbranched alkanes of at least 4 members (excludes halogenated alkanes) is 1. The van der Waals surface area contributed by atoms with Crippen LogP contribution in [-0.2, 0) is 22.7 Å². The van der Waals surface area contributed by atoms with E-state index in [2.05, 4.69) is 39.8 Å². The van der Waals surface area contributed by atoms with Crippen LogP contribution in [0.5, 0.6) is 0 Å². The third-order valence-electron chi connectivity index (χ3n) is 5.36. The zero-order chi connectivity index (χ0) is 21.9. The number of aryl methyl sites for hydroxylation is 1. The van der Waals surface area contributed by atoms with E-state index < -0.39 is 0 Å². The van der Waals surface area contributed by atoms with Gasteiger partial charge in [-0.1, -0.05) is 63.9 Å². The molecule has 2 amide bonds. The van der Waals surface area contributed by atoms with Crippen LogP contribution < -0.4 is 0 Å². The van der Waals surface area contributed by atoms with Crippen molar-refractivity contribution in [3.8, 4) is 0 Å². The third-order valence-corrected chi connectivity index (χ3v) is 6.35. The summed E-state index contributed by atoms with van der Waals surface area (Å²) in [6.07, 6.45) is 3.36. The van der Waals surface area contributed by atoms with Gasteiger partial charge in [-0.2, -0.15) is 0 Å². The highest BCUT2D eigenvalue weighted by Gasteiger charge is 2.23. The molecule has 0 saturated carbocycles. The molecule has 0 aliphatic carbocycles. The lowest BCUT2D eigenvalue weighted by Crippen LogP contribution is -2.44. The fourth-order valence-electron chi connectivity index (χ4n) is 3.30. The van der Waals surface area contributed by atoms with Gasteiger partial charge in [0.05, 0.1) is 13.1 Å². The van der Waals surface area contributed by atoms with Crippen LogP contribution in [0.2, 0.25) is 0 Å². The zero-order valence-corrected chi connectivity index (χ0v) is 19.7. The van der Waals surface area contributed by atoms with Crippen LogP contribution in [-0.4, -0.2) is 34.7 Å². The Morgan fingerprint density at radius 3 is 2.30 bits per heavy atom. The first kappa shape index (κ1) is 24.1.